The minimum Gasteiger partial charge on any atom is -0.216 e. The highest BCUT2D eigenvalue weighted by Gasteiger charge is 2.11. The van der Waals surface area contributed by atoms with E-state index in [2.05, 4.69) is 10.3 Å². The summed E-state index contributed by atoms with van der Waals surface area (Å²) in [7, 11) is 0. The van der Waals surface area contributed by atoms with Crippen molar-refractivity contribution in [3.05, 3.63) is 40.2 Å². The zero-order valence-electron chi connectivity index (χ0n) is 8.90. The summed E-state index contributed by atoms with van der Waals surface area (Å²) in [5.41, 5.74) is 2.92. The number of aryl methyl sites for hydroxylation is 1. The first-order chi connectivity index (χ1) is 7.63. The standard InChI is InChI=1S/C11H9ClN4/c1-7-3-4-9(12)5-11(7)16-8(2)10(6-13)14-15-16/h3-5H,1-2H3. The molecule has 0 saturated heterocycles. The van der Waals surface area contributed by atoms with Crippen LogP contribution in [0, 0.1) is 25.2 Å². The van der Waals surface area contributed by atoms with Gasteiger partial charge in [0.15, 0.2) is 5.69 Å². The van der Waals surface area contributed by atoms with E-state index in [1.807, 2.05) is 25.1 Å². The summed E-state index contributed by atoms with van der Waals surface area (Å²) in [4.78, 5) is 0. The highest BCUT2D eigenvalue weighted by molar-refractivity contribution is 6.30. The Bertz CT molecular complexity index is 580. The first-order valence-electron chi connectivity index (χ1n) is 4.72. The Morgan fingerprint density at radius 2 is 2.12 bits per heavy atom. The number of nitrogens with zero attached hydrogens (tertiary/aromatic N) is 4. The molecule has 0 aliphatic heterocycles. The smallest absolute Gasteiger partial charge is 0.186 e. The third-order valence-electron chi connectivity index (χ3n) is 2.40. The summed E-state index contributed by atoms with van der Waals surface area (Å²) in [6.45, 7) is 3.76. The van der Waals surface area contributed by atoms with Gasteiger partial charge in [-0.05, 0) is 31.5 Å². The lowest BCUT2D eigenvalue weighted by Crippen LogP contribution is -2.01. The van der Waals surface area contributed by atoms with Crippen molar-refractivity contribution in [2.24, 2.45) is 0 Å². The molecule has 2 rings (SSSR count). The number of hydrogen-bond donors (Lipinski definition) is 0. The molecule has 1 heterocycles. The molecular formula is C11H9ClN4. The lowest BCUT2D eigenvalue weighted by molar-refractivity contribution is 0.780. The zero-order chi connectivity index (χ0) is 11.7. The summed E-state index contributed by atoms with van der Waals surface area (Å²) < 4.78 is 1.62. The topological polar surface area (TPSA) is 54.5 Å². The van der Waals surface area contributed by atoms with Crippen LogP contribution in [0.25, 0.3) is 5.69 Å². The minimum absolute atomic E-state index is 0.333. The molecule has 80 valence electrons. The summed E-state index contributed by atoms with van der Waals surface area (Å²) in [6.07, 6.45) is 0. The second-order valence-corrected chi connectivity index (χ2v) is 3.91. The molecule has 0 saturated carbocycles. The fourth-order valence-corrected chi connectivity index (χ4v) is 1.64. The number of nitriles is 1. The number of aromatic nitrogens is 3. The molecule has 2 aromatic rings. The predicted molar refractivity (Wildman–Crippen MR) is 60.6 cm³/mol. The van der Waals surface area contributed by atoms with Crippen molar-refractivity contribution < 1.29 is 0 Å². The van der Waals surface area contributed by atoms with Crippen LogP contribution in [0.4, 0.5) is 0 Å². The van der Waals surface area contributed by atoms with Gasteiger partial charge in [-0.15, -0.1) is 5.10 Å². The van der Waals surface area contributed by atoms with Gasteiger partial charge in [-0.25, -0.2) is 4.68 Å². The molecule has 5 heteroatoms. The first kappa shape index (κ1) is 10.7. The van der Waals surface area contributed by atoms with Crippen LogP contribution in [-0.4, -0.2) is 15.0 Å². The number of rotatable bonds is 1. The van der Waals surface area contributed by atoms with E-state index >= 15 is 0 Å². The quantitative estimate of drug-likeness (QED) is 0.759. The second kappa shape index (κ2) is 3.95. The third-order valence-corrected chi connectivity index (χ3v) is 2.63. The van der Waals surface area contributed by atoms with Crippen LogP contribution in [-0.2, 0) is 0 Å². The van der Waals surface area contributed by atoms with Gasteiger partial charge in [0.25, 0.3) is 0 Å². The maximum Gasteiger partial charge on any atom is 0.186 e. The Hall–Kier alpha value is -1.86. The van der Waals surface area contributed by atoms with E-state index in [0.717, 1.165) is 11.3 Å². The largest absolute Gasteiger partial charge is 0.216 e. The molecule has 4 nitrogen and oxygen atoms in total. The molecule has 0 radical (unpaired) electrons. The Balaban J connectivity index is 2.64. The van der Waals surface area contributed by atoms with Crippen LogP contribution < -0.4 is 0 Å². The molecule has 1 aromatic carbocycles. The number of benzene rings is 1. The van der Waals surface area contributed by atoms with Crippen LogP contribution in [0.15, 0.2) is 18.2 Å². The van der Waals surface area contributed by atoms with Crippen molar-refractivity contribution in [1.82, 2.24) is 15.0 Å². The fourth-order valence-electron chi connectivity index (χ4n) is 1.47. The molecule has 0 fully saturated rings. The highest BCUT2D eigenvalue weighted by atomic mass is 35.5. The normalized spacial score (nSPS) is 10.1. The second-order valence-electron chi connectivity index (χ2n) is 3.48. The molecule has 0 atom stereocenters. The van der Waals surface area contributed by atoms with Gasteiger partial charge in [0.1, 0.15) is 6.07 Å². The van der Waals surface area contributed by atoms with E-state index in [9.17, 15) is 0 Å². The molecule has 0 N–H and O–H groups in total. The van der Waals surface area contributed by atoms with Crippen LogP contribution in [0.5, 0.6) is 0 Å². The molecular weight excluding hydrogens is 224 g/mol. The molecule has 0 amide bonds. The Morgan fingerprint density at radius 1 is 1.38 bits per heavy atom. The summed E-state index contributed by atoms with van der Waals surface area (Å²) >= 11 is 5.93. The van der Waals surface area contributed by atoms with E-state index < -0.39 is 0 Å². The van der Waals surface area contributed by atoms with Gasteiger partial charge >= 0.3 is 0 Å². The van der Waals surface area contributed by atoms with E-state index in [0.29, 0.717) is 16.4 Å². The minimum atomic E-state index is 0.333. The van der Waals surface area contributed by atoms with Crippen molar-refractivity contribution in [3.8, 4) is 11.8 Å². The van der Waals surface area contributed by atoms with Crippen LogP contribution in [0.3, 0.4) is 0 Å². The lowest BCUT2D eigenvalue weighted by atomic mass is 10.2. The van der Waals surface area contributed by atoms with Crippen LogP contribution in [0.2, 0.25) is 5.02 Å². The maximum atomic E-state index is 8.81. The van der Waals surface area contributed by atoms with Crippen LogP contribution >= 0.6 is 11.6 Å². The first-order valence-corrected chi connectivity index (χ1v) is 5.10. The predicted octanol–water partition coefficient (Wildman–Crippen LogP) is 2.41. The Kier molecular flexibility index (Phi) is 2.63. The van der Waals surface area contributed by atoms with Crippen molar-refractivity contribution >= 4 is 11.6 Å². The van der Waals surface area contributed by atoms with Crippen LogP contribution in [0.1, 0.15) is 17.0 Å². The lowest BCUT2D eigenvalue weighted by Gasteiger charge is -2.07. The maximum absolute atomic E-state index is 8.81. The molecule has 0 aliphatic rings. The van der Waals surface area contributed by atoms with E-state index in [4.69, 9.17) is 16.9 Å². The van der Waals surface area contributed by atoms with Crippen molar-refractivity contribution in [1.29, 1.82) is 5.26 Å². The van der Waals surface area contributed by atoms with Gasteiger partial charge in [0.05, 0.1) is 11.4 Å². The van der Waals surface area contributed by atoms with Gasteiger partial charge in [-0.1, -0.05) is 22.9 Å². The summed E-state index contributed by atoms with van der Waals surface area (Å²) in [6, 6.07) is 7.52. The van der Waals surface area contributed by atoms with Crippen molar-refractivity contribution in [2.75, 3.05) is 0 Å². The van der Waals surface area contributed by atoms with Gasteiger partial charge in [-0.3, -0.25) is 0 Å². The van der Waals surface area contributed by atoms with Gasteiger partial charge in [0.2, 0.25) is 0 Å². The Labute approximate surface area is 98.1 Å². The average molecular weight is 233 g/mol. The average Bonchev–Trinajstić information content (AvgIpc) is 2.63. The highest BCUT2D eigenvalue weighted by Crippen LogP contribution is 2.20. The third kappa shape index (κ3) is 1.66. The van der Waals surface area contributed by atoms with E-state index in [1.54, 1.807) is 17.7 Å². The molecule has 1 aromatic heterocycles. The van der Waals surface area contributed by atoms with Gasteiger partial charge < -0.3 is 0 Å². The van der Waals surface area contributed by atoms with Crippen molar-refractivity contribution in [2.45, 2.75) is 13.8 Å². The monoisotopic (exact) mass is 232 g/mol. The van der Waals surface area contributed by atoms with E-state index in [-0.39, 0.29) is 0 Å². The van der Waals surface area contributed by atoms with Gasteiger partial charge in [0, 0.05) is 5.02 Å². The molecule has 16 heavy (non-hydrogen) atoms. The molecule has 0 bridgehead atoms. The Morgan fingerprint density at radius 3 is 2.75 bits per heavy atom. The number of halogens is 1. The number of hydrogen-bond acceptors (Lipinski definition) is 3. The fraction of sp³-hybridized carbons (Fsp3) is 0.182. The van der Waals surface area contributed by atoms with E-state index in [1.165, 1.54) is 0 Å². The summed E-state index contributed by atoms with van der Waals surface area (Å²) in [5.74, 6) is 0. The molecule has 0 aliphatic carbocycles. The zero-order valence-corrected chi connectivity index (χ0v) is 9.65. The molecule has 0 unspecified atom stereocenters. The molecule has 0 spiro atoms. The van der Waals surface area contributed by atoms with Crippen molar-refractivity contribution in [3.63, 3.8) is 0 Å². The summed E-state index contributed by atoms with van der Waals surface area (Å²) in [5, 5.41) is 17.2. The van der Waals surface area contributed by atoms with Gasteiger partial charge in [-0.2, -0.15) is 5.26 Å². The SMILES string of the molecule is Cc1ccc(Cl)cc1-n1nnc(C#N)c1C.